The van der Waals surface area contributed by atoms with Gasteiger partial charge in [-0.25, -0.2) is 4.79 Å². The van der Waals surface area contributed by atoms with Crippen molar-refractivity contribution in [2.24, 2.45) is 0 Å². The molecular weight excluding hydrogens is 304 g/mol. The number of aromatic nitrogens is 2. The molecule has 0 saturated carbocycles. The van der Waals surface area contributed by atoms with Gasteiger partial charge in [0.2, 0.25) is 0 Å². The van der Waals surface area contributed by atoms with Crippen LogP contribution in [0.5, 0.6) is 0 Å². The molecule has 19 heavy (non-hydrogen) atoms. The predicted molar refractivity (Wildman–Crippen MR) is 84.0 cm³/mol. The third-order valence-corrected chi connectivity index (χ3v) is 4.45. The Hall–Kier alpha value is -1.03. The Balaban J connectivity index is 1.93. The van der Waals surface area contributed by atoms with E-state index in [1.807, 2.05) is 6.07 Å². The number of H-pyrrole nitrogens is 2. The van der Waals surface area contributed by atoms with Crippen LogP contribution in [0.3, 0.4) is 0 Å². The standard InChI is InChI=1S/C15H21BrN2O/c1-2-3-4-5-6-7-12(16)11-8-9-13-14(10-11)18-15(19)17-13/h8-10,12H,2-7H2,1H3,(H2,17,18,19). The molecule has 1 heterocycles. The van der Waals surface area contributed by atoms with Crippen molar-refractivity contribution in [3.8, 4) is 0 Å². The van der Waals surface area contributed by atoms with Crippen LogP contribution in [0.15, 0.2) is 23.0 Å². The van der Waals surface area contributed by atoms with Crippen molar-refractivity contribution in [1.29, 1.82) is 0 Å². The minimum Gasteiger partial charge on any atom is -0.306 e. The largest absolute Gasteiger partial charge is 0.323 e. The van der Waals surface area contributed by atoms with Crippen LogP contribution < -0.4 is 5.69 Å². The lowest BCUT2D eigenvalue weighted by Crippen LogP contribution is -1.99. The maximum Gasteiger partial charge on any atom is 0.323 e. The molecule has 3 nitrogen and oxygen atoms in total. The van der Waals surface area contributed by atoms with E-state index >= 15 is 0 Å². The Labute approximate surface area is 121 Å². The molecule has 1 unspecified atom stereocenters. The van der Waals surface area contributed by atoms with Gasteiger partial charge in [-0.15, -0.1) is 0 Å². The van der Waals surface area contributed by atoms with Crippen LogP contribution in [0, 0.1) is 0 Å². The van der Waals surface area contributed by atoms with Gasteiger partial charge >= 0.3 is 5.69 Å². The molecule has 2 rings (SSSR count). The van der Waals surface area contributed by atoms with E-state index in [1.165, 1.54) is 37.7 Å². The molecule has 0 fully saturated rings. The molecular formula is C15H21BrN2O. The van der Waals surface area contributed by atoms with Gasteiger partial charge in [0.25, 0.3) is 0 Å². The van der Waals surface area contributed by atoms with Gasteiger partial charge in [0.15, 0.2) is 0 Å². The summed E-state index contributed by atoms with van der Waals surface area (Å²) in [6.07, 6.45) is 7.65. The predicted octanol–water partition coefficient (Wildman–Crippen LogP) is 4.65. The number of hydrogen-bond donors (Lipinski definition) is 2. The highest BCUT2D eigenvalue weighted by molar-refractivity contribution is 9.09. The molecule has 4 heteroatoms. The Kier molecular flexibility index (Phi) is 5.25. The molecule has 1 aromatic carbocycles. The van der Waals surface area contributed by atoms with Gasteiger partial charge in [0.05, 0.1) is 11.0 Å². The van der Waals surface area contributed by atoms with E-state index in [1.54, 1.807) is 0 Å². The van der Waals surface area contributed by atoms with E-state index in [-0.39, 0.29) is 5.69 Å². The maximum absolute atomic E-state index is 11.2. The number of unbranched alkanes of at least 4 members (excludes halogenated alkanes) is 4. The first-order valence-electron chi connectivity index (χ1n) is 7.06. The van der Waals surface area contributed by atoms with Crippen molar-refractivity contribution in [3.63, 3.8) is 0 Å². The molecule has 2 aromatic rings. The van der Waals surface area contributed by atoms with E-state index in [4.69, 9.17) is 0 Å². The quantitative estimate of drug-likeness (QED) is 0.565. The zero-order valence-electron chi connectivity index (χ0n) is 11.3. The van der Waals surface area contributed by atoms with Crippen LogP contribution in [0.4, 0.5) is 0 Å². The summed E-state index contributed by atoms with van der Waals surface area (Å²) in [4.78, 5) is 17.2. The highest BCUT2D eigenvalue weighted by atomic mass is 79.9. The van der Waals surface area contributed by atoms with Crippen LogP contribution >= 0.6 is 15.9 Å². The first kappa shape index (κ1) is 14.4. The lowest BCUT2D eigenvalue weighted by atomic mass is 10.0. The van der Waals surface area contributed by atoms with Crippen LogP contribution in [-0.2, 0) is 0 Å². The van der Waals surface area contributed by atoms with Crippen molar-refractivity contribution in [2.45, 2.75) is 50.3 Å². The Bertz CT molecular complexity index is 573. The first-order valence-corrected chi connectivity index (χ1v) is 7.98. The van der Waals surface area contributed by atoms with Crippen molar-refractivity contribution in [1.82, 2.24) is 9.97 Å². The van der Waals surface area contributed by atoms with E-state index in [0.29, 0.717) is 4.83 Å². The van der Waals surface area contributed by atoms with Crippen LogP contribution in [-0.4, -0.2) is 9.97 Å². The van der Waals surface area contributed by atoms with Gasteiger partial charge in [-0.1, -0.05) is 61.0 Å². The SMILES string of the molecule is CCCCCCCC(Br)c1ccc2[nH]c(=O)[nH]c2c1. The first-order chi connectivity index (χ1) is 9.20. The lowest BCUT2D eigenvalue weighted by molar-refractivity contribution is 0.606. The smallest absolute Gasteiger partial charge is 0.306 e. The number of rotatable bonds is 7. The summed E-state index contributed by atoms with van der Waals surface area (Å²) in [6, 6.07) is 6.10. The summed E-state index contributed by atoms with van der Waals surface area (Å²) in [6.45, 7) is 2.24. The maximum atomic E-state index is 11.2. The molecule has 0 amide bonds. The number of aromatic amines is 2. The number of benzene rings is 1. The summed E-state index contributed by atoms with van der Waals surface area (Å²) in [5, 5.41) is 0. The normalized spacial score (nSPS) is 12.9. The van der Waals surface area contributed by atoms with Gasteiger partial charge in [0, 0.05) is 4.83 Å². The van der Waals surface area contributed by atoms with E-state index < -0.39 is 0 Å². The Morgan fingerprint density at radius 1 is 1.11 bits per heavy atom. The number of alkyl halides is 1. The summed E-state index contributed by atoms with van der Waals surface area (Å²) < 4.78 is 0. The fourth-order valence-electron chi connectivity index (χ4n) is 2.34. The monoisotopic (exact) mass is 324 g/mol. The second kappa shape index (κ2) is 6.94. The van der Waals surface area contributed by atoms with Crippen molar-refractivity contribution >= 4 is 27.0 Å². The molecule has 0 aliphatic carbocycles. The van der Waals surface area contributed by atoms with Crippen molar-refractivity contribution < 1.29 is 0 Å². The summed E-state index contributed by atoms with van der Waals surface area (Å²) in [7, 11) is 0. The third-order valence-electron chi connectivity index (χ3n) is 3.46. The zero-order valence-corrected chi connectivity index (χ0v) is 12.9. The molecule has 0 radical (unpaired) electrons. The summed E-state index contributed by atoms with van der Waals surface area (Å²) >= 11 is 3.75. The number of imidazole rings is 1. The number of hydrogen-bond acceptors (Lipinski definition) is 1. The number of halogens is 1. The van der Waals surface area contributed by atoms with Gasteiger partial charge in [-0.05, 0) is 24.1 Å². The molecule has 104 valence electrons. The van der Waals surface area contributed by atoms with Crippen molar-refractivity contribution in [2.75, 3.05) is 0 Å². The average Bonchev–Trinajstić information content (AvgIpc) is 2.77. The molecule has 0 bridgehead atoms. The second-order valence-electron chi connectivity index (χ2n) is 5.05. The van der Waals surface area contributed by atoms with E-state index in [9.17, 15) is 4.79 Å². The van der Waals surface area contributed by atoms with Gasteiger partial charge in [-0.3, -0.25) is 0 Å². The number of nitrogens with one attached hydrogen (secondary N) is 2. The Morgan fingerprint density at radius 3 is 2.63 bits per heavy atom. The third kappa shape index (κ3) is 3.96. The molecule has 1 atom stereocenters. The Morgan fingerprint density at radius 2 is 1.84 bits per heavy atom. The van der Waals surface area contributed by atoms with E-state index in [2.05, 4.69) is 45.0 Å². The van der Waals surface area contributed by atoms with Gasteiger partial charge < -0.3 is 9.97 Å². The summed E-state index contributed by atoms with van der Waals surface area (Å²) in [5.74, 6) is 0. The highest BCUT2D eigenvalue weighted by Gasteiger charge is 2.08. The average molecular weight is 325 g/mol. The molecule has 1 aromatic heterocycles. The van der Waals surface area contributed by atoms with Crippen molar-refractivity contribution in [3.05, 3.63) is 34.2 Å². The minimum atomic E-state index is -0.141. The summed E-state index contributed by atoms with van der Waals surface area (Å²) in [5.41, 5.74) is 2.85. The molecule has 0 saturated heterocycles. The topological polar surface area (TPSA) is 48.6 Å². The van der Waals surface area contributed by atoms with Crippen LogP contribution in [0.1, 0.15) is 55.8 Å². The lowest BCUT2D eigenvalue weighted by Gasteiger charge is -2.10. The molecule has 0 spiro atoms. The van der Waals surface area contributed by atoms with Crippen LogP contribution in [0.2, 0.25) is 0 Å². The highest BCUT2D eigenvalue weighted by Crippen LogP contribution is 2.30. The van der Waals surface area contributed by atoms with Crippen LogP contribution in [0.25, 0.3) is 11.0 Å². The second-order valence-corrected chi connectivity index (χ2v) is 6.16. The molecule has 0 aliphatic rings. The van der Waals surface area contributed by atoms with E-state index in [0.717, 1.165) is 17.5 Å². The fraction of sp³-hybridized carbons (Fsp3) is 0.533. The fourth-order valence-corrected chi connectivity index (χ4v) is 2.95. The van der Waals surface area contributed by atoms with Gasteiger partial charge in [0.1, 0.15) is 0 Å². The molecule has 0 aliphatic heterocycles. The minimum absolute atomic E-state index is 0.141. The zero-order chi connectivity index (χ0) is 13.7. The molecule has 2 N–H and O–H groups in total. The van der Waals surface area contributed by atoms with Gasteiger partial charge in [-0.2, -0.15) is 0 Å². The number of fused-ring (bicyclic) bond motifs is 1.